The summed E-state index contributed by atoms with van der Waals surface area (Å²) in [6.45, 7) is -2.91. The minimum absolute atomic E-state index is 0.00343. The van der Waals surface area contributed by atoms with Crippen molar-refractivity contribution in [3.05, 3.63) is 34.2 Å². The van der Waals surface area contributed by atoms with Crippen molar-refractivity contribution in [1.29, 1.82) is 0 Å². The second-order valence-corrected chi connectivity index (χ2v) is 5.19. The van der Waals surface area contributed by atoms with E-state index in [2.05, 4.69) is 4.74 Å². The van der Waals surface area contributed by atoms with Crippen LogP contribution in [0, 0.1) is 0 Å². The van der Waals surface area contributed by atoms with Crippen LogP contribution < -0.4 is 4.74 Å². The third-order valence-electron chi connectivity index (χ3n) is 2.61. The lowest BCUT2D eigenvalue weighted by Gasteiger charge is -2.15. The van der Waals surface area contributed by atoms with Crippen LogP contribution >= 0.6 is 0 Å². The fourth-order valence-electron chi connectivity index (χ4n) is 1.81. The average molecular weight is 278 g/mol. The zero-order valence-electron chi connectivity index (χ0n) is 9.07. The van der Waals surface area contributed by atoms with Gasteiger partial charge in [-0.3, -0.25) is 0 Å². The van der Waals surface area contributed by atoms with Gasteiger partial charge in [-0.2, -0.15) is 17.2 Å². The molecule has 1 aliphatic carbocycles. The first kappa shape index (κ1) is 12.9. The van der Waals surface area contributed by atoms with E-state index >= 15 is 0 Å². The van der Waals surface area contributed by atoms with E-state index in [1.165, 1.54) is 24.3 Å². The summed E-state index contributed by atoms with van der Waals surface area (Å²) in [6.07, 6.45) is 1.50. The Morgan fingerprint density at radius 3 is 2.56 bits per heavy atom. The number of allylic oxidation sites excluding steroid dienone is 1. The number of alkyl halides is 2. The summed E-state index contributed by atoms with van der Waals surface area (Å²) in [6, 6.07) is 4.12. The van der Waals surface area contributed by atoms with Crippen molar-refractivity contribution in [3.8, 4) is 5.75 Å². The Labute approximate surface area is 102 Å². The molecule has 0 spiro atoms. The first-order valence-corrected chi connectivity index (χ1v) is 6.47. The van der Waals surface area contributed by atoms with Crippen molar-refractivity contribution in [2.75, 3.05) is 0 Å². The van der Waals surface area contributed by atoms with E-state index in [0.717, 1.165) is 0 Å². The van der Waals surface area contributed by atoms with Crippen molar-refractivity contribution < 1.29 is 25.8 Å². The van der Waals surface area contributed by atoms with Gasteiger partial charge in [0.1, 0.15) is 5.75 Å². The van der Waals surface area contributed by atoms with Crippen LogP contribution in [-0.2, 0) is 16.6 Å². The molecule has 0 aliphatic heterocycles. The number of rotatable bonds is 3. The normalized spacial score (nSPS) is 15.2. The van der Waals surface area contributed by atoms with Crippen molar-refractivity contribution in [2.24, 2.45) is 0 Å². The lowest BCUT2D eigenvalue weighted by Crippen LogP contribution is -2.07. The lowest BCUT2D eigenvalue weighted by molar-refractivity contribution is -0.0498. The minimum atomic E-state index is -4.69. The number of hydrogen-bond donors (Lipinski definition) is 0. The maximum absolute atomic E-state index is 12.8. The summed E-state index contributed by atoms with van der Waals surface area (Å²) < 4.78 is 62.5. The van der Waals surface area contributed by atoms with E-state index in [9.17, 15) is 21.1 Å². The molecule has 0 unspecified atom stereocenters. The standard InChI is InChI=1S/C11H9F3O3S/c12-11(13)17-9-3-1-8-6-10(18(14,15)16)4-2-7(8)5-9/h1,3,5-6,11H,2,4H2. The van der Waals surface area contributed by atoms with Gasteiger partial charge in [0, 0.05) is 0 Å². The van der Waals surface area contributed by atoms with Crippen LogP contribution in [0.15, 0.2) is 23.1 Å². The van der Waals surface area contributed by atoms with E-state index in [0.29, 0.717) is 11.1 Å². The molecule has 0 saturated heterocycles. The van der Waals surface area contributed by atoms with Gasteiger partial charge in [0.05, 0.1) is 4.91 Å². The quantitative estimate of drug-likeness (QED) is 0.798. The minimum Gasteiger partial charge on any atom is -0.435 e. The van der Waals surface area contributed by atoms with Crippen LogP contribution in [0.2, 0.25) is 0 Å². The van der Waals surface area contributed by atoms with Crippen LogP contribution in [-0.4, -0.2) is 15.0 Å². The third kappa shape index (κ3) is 2.84. The smallest absolute Gasteiger partial charge is 0.387 e. The van der Waals surface area contributed by atoms with Crippen LogP contribution in [0.4, 0.5) is 12.7 Å². The summed E-state index contributed by atoms with van der Waals surface area (Å²) in [7, 11) is -4.69. The number of halogens is 3. The van der Waals surface area contributed by atoms with Gasteiger partial charge in [-0.25, -0.2) is 0 Å². The molecule has 18 heavy (non-hydrogen) atoms. The largest absolute Gasteiger partial charge is 0.435 e. The number of fused-ring (bicyclic) bond motifs is 1. The molecule has 0 radical (unpaired) electrons. The molecule has 0 atom stereocenters. The first-order valence-electron chi connectivity index (χ1n) is 5.09. The van der Waals surface area contributed by atoms with Gasteiger partial charge in [0.15, 0.2) is 0 Å². The van der Waals surface area contributed by atoms with Gasteiger partial charge in [-0.1, -0.05) is 6.07 Å². The van der Waals surface area contributed by atoms with Crippen molar-refractivity contribution in [2.45, 2.75) is 19.5 Å². The molecule has 0 N–H and O–H groups in total. The molecule has 98 valence electrons. The van der Waals surface area contributed by atoms with Gasteiger partial charge in [-0.05, 0) is 42.2 Å². The van der Waals surface area contributed by atoms with Crippen LogP contribution in [0.5, 0.6) is 5.75 Å². The Kier molecular flexibility index (Phi) is 3.34. The first-order chi connectivity index (χ1) is 8.36. The molecule has 0 saturated carbocycles. The van der Waals surface area contributed by atoms with E-state index in [1.54, 1.807) is 0 Å². The van der Waals surface area contributed by atoms with Gasteiger partial charge in [0.2, 0.25) is 0 Å². The topological polar surface area (TPSA) is 43.4 Å². The van der Waals surface area contributed by atoms with Crippen molar-refractivity contribution in [1.82, 2.24) is 0 Å². The summed E-state index contributed by atoms with van der Waals surface area (Å²) in [5, 5.41) is 0. The summed E-state index contributed by atoms with van der Waals surface area (Å²) in [4.78, 5) is -0.294. The highest BCUT2D eigenvalue weighted by molar-refractivity contribution is 7.90. The van der Waals surface area contributed by atoms with Crippen LogP contribution in [0.1, 0.15) is 17.5 Å². The highest BCUT2D eigenvalue weighted by atomic mass is 32.3. The molecule has 0 amide bonds. The van der Waals surface area contributed by atoms with E-state index in [4.69, 9.17) is 0 Å². The lowest BCUT2D eigenvalue weighted by atomic mass is 9.97. The predicted molar refractivity (Wildman–Crippen MR) is 59.4 cm³/mol. The second-order valence-electron chi connectivity index (χ2n) is 3.79. The number of ether oxygens (including phenoxy) is 1. The zero-order chi connectivity index (χ0) is 13.3. The van der Waals surface area contributed by atoms with Gasteiger partial charge < -0.3 is 4.74 Å². The van der Waals surface area contributed by atoms with Gasteiger partial charge in [0.25, 0.3) is 0 Å². The summed E-state index contributed by atoms with van der Waals surface area (Å²) in [5.41, 5.74) is 1.15. The molecule has 1 aromatic carbocycles. The summed E-state index contributed by atoms with van der Waals surface area (Å²) in [5.74, 6) is 0.00343. The Bertz CT molecular complexity index is 594. The van der Waals surface area contributed by atoms with Gasteiger partial charge in [-0.15, -0.1) is 3.89 Å². The monoisotopic (exact) mass is 278 g/mol. The molecule has 0 aromatic heterocycles. The maximum atomic E-state index is 12.8. The Hall–Kier alpha value is -1.50. The molecule has 1 aliphatic rings. The molecule has 3 nitrogen and oxygen atoms in total. The Morgan fingerprint density at radius 2 is 1.94 bits per heavy atom. The number of aryl methyl sites for hydroxylation is 1. The third-order valence-corrected chi connectivity index (χ3v) is 3.56. The highest BCUT2D eigenvalue weighted by Gasteiger charge is 2.21. The maximum Gasteiger partial charge on any atom is 0.387 e. The molecule has 2 rings (SSSR count). The molecule has 0 heterocycles. The molecule has 0 bridgehead atoms. The Balaban J connectivity index is 2.34. The van der Waals surface area contributed by atoms with Crippen LogP contribution in [0.3, 0.4) is 0 Å². The van der Waals surface area contributed by atoms with E-state index < -0.39 is 16.8 Å². The highest BCUT2D eigenvalue weighted by Crippen LogP contribution is 2.30. The summed E-state index contributed by atoms with van der Waals surface area (Å²) >= 11 is 0. The molecule has 7 heteroatoms. The molecular formula is C11H9F3O3S. The second kappa shape index (κ2) is 4.64. The fourth-order valence-corrected chi connectivity index (χ4v) is 2.42. The van der Waals surface area contributed by atoms with Crippen molar-refractivity contribution in [3.63, 3.8) is 0 Å². The zero-order valence-corrected chi connectivity index (χ0v) is 9.88. The molecule has 0 fully saturated rings. The van der Waals surface area contributed by atoms with E-state index in [-0.39, 0.29) is 23.5 Å². The average Bonchev–Trinajstić information content (AvgIpc) is 2.26. The number of hydrogen-bond acceptors (Lipinski definition) is 3. The van der Waals surface area contributed by atoms with Crippen LogP contribution in [0.25, 0.3) is 6.08 Å². The van der Waals surface area contributed by atoms with E-state index in [1.807, 2.05) is 0 Å². The number of benzene rings is 1. The fraction of sp³-hybridized carbons (Fsp3) is 0.273. The van der Waals surface area contributed by atoms with Gasteiger partial charge >= 0.3 is 16.8 Å². The molecular weight excluding hydrogens is 269 g/mol. The van der Waals surface area contributed by atoms with Crippen molar-refractivity contribution >= 4 is 16.3 Å². The molecule has 1 aromatic rings. The SMILES string of the molecule is O=S(=O)(F)C1=Cc2ccc(OC(F)F)cc2CC1. The predicted octanol–water partition coefficient (Wildman–Crippen LogP) is 2.87. The Morgan fingerprint density at radius 1 is 1.22 bits per heavy atom.